The molecule has 0 unspecified atom stereocenters. The number of hydrogen-bond acceptors (Lipinski definition) is 8. The molecule has 1 aromatic carbocycles. The first-order chi connectivity index (χ1) is 15.5. The van der Waals surface area contributed by atoms with E-state index in [-0.39, 0.29) is 17.9 Å². The van der Waals surface area contributed by atoms with E-state index in [0.717, 1.165) is 19.1 Å². The van der Waals surface area contributed by atoms with Gasteiger partial charge in [-0.25, -0.2) is 18.3 Å². The second-order valence-electron chi connectivity index (χ2n) is 8.13. The first-order valence-corrected chi connectivity index (χ1v) is 10.3. The average Bonchev–Trinajstić information content (AvgIpc) is 3.19. The Balaban J connectivity index is 1.78. The van der Waals surface area contributed by atoms with Gasteiger partial charge in [0.05, 0.1) is 12.8 Å². The number of ether oxygens (including phenoxy) is 4. The summed E-state index contributed by atoms with van der Waals surface area (Å²) in [6.45, 7) is 4.47. The quantitative estimate of drug-likeness (QED) is 0.511. The molecule has 3 heterocycles. The molecule has 0 radical (unpaired) electrons. The predicted molar refractivity (Wildman–Crippen MR) is 106 cm³/mol. The normalized spacial score (nSPS) is 28.7. The van der Waals surface area contributed by atoms with Crippen LogP contribution in [0.5, 0.6) is 0 Å². The topological polar surface area (TPSA) is 122 Å². The molecule has 2 fully saturated rings. The summed E-state index contributed by atoms with van der Waals surface area (Å²) in [4.78, 5) is 23.7. The van der Waals surface area contributed by atoms with Gasteiger partial charge in [-0.15, -0.1) is 5.10 Å². The molecule has 0 bridgehead atoms. The lowest BCUT2D eigenvalue weighted by molar-refractivity contribution is -0.346. The summed E-state index contributed by atoms with van der Waals surface area (Å²) in [5.41, 5.74) is 0.128. The highest BCUT2D eigenvalue weighted by molar-refractivity contribution is 6.30. The van der Waals surface area contributed by atoms with E-state index in [1.165, 1.54) is 10.9 Å². The predicted octanol–water partition coefficient (Wildman–Crippen LogP) is 2.35. The molecular formula is C20H20ClF2N3O7. The third kappa shape index (κ3) is 4.56. The van der Waals surface area contributed by atoms with E-state index in [0.29, 0.717) is 0 Å². The summed E-state index contributed by atoms with van der Waals surface area (Å²) in [6.07, 6.45) is -3.22. The molecule has 2 saturated heterocycles. The summed E-state index contributed by atoms with van der Waals surface area (Å²) in [6, 6.07) is 0.981. The minimum atomic E-state index is -1.55. The van der Waals surface area contributed by atoms with Crippen LogP contribution in [0.1, 0.15) is 26.8 Å². The van der Waals surface area contributed by atoms with Gasteiger partial charge in [0.15, 0.2) is 18.0 Å². The van der Waals surface area contributed by atoms with Crippen LogP contribution in [-0.4, -0.2) is 68.8 Å². The van der Waals surface area contributed by atoms with E-state index in [9.17, 15) is 23.5 Å². The average molecular weight is 488 g/mol. The molecule has 0 spiro atoms. The number of carboxylic acid groups (broad SMARTS) is 1. The number of esters is 1. The fourth-order valence-corrected chi connectivity index (χ4v) is 4.04. The Bertz CT molecular complexity index is 1070. The number of fused-ring (bicyclic) bond motifs is 1. The number of nitrogens with zero attached hydrogens (tertiary/aromatic N) is 3. The molecule has 0 aliphatic carbocycles. The minimum absolute atomic E-state index is 0.0138. The number of aliphatic carboxylic acids is 1. The van der Waals surface area contributed by atoms with Crippen molar-refractivity contribution in [1.82, 2.24) is 15.0 Å². The van der Waals surface area contributed by atoms with E-state index >= 15 is 0 Å². The SMILES string of the molecule is CC(=O)O[C@@H]1[C@@H](n2cc(-c3cc(F)c(Cl)c(F)c3)nn2)[C@H]2OC(C)(C)OC[C@H]2O[C@H]1C(=O)O. The van der Waals surface area contributed by atoms with Gasteiger partial charge < -0.3 is 24.1 Å². The summed E-state index contributed by atoms with van der Waals surface area (Å²) in [5.74, 6) is -5.12. The number of aromatic nitrogens is 3. The lowest BCUT2D eigenvalue weighted by atomic mass is 9.91. The van der Waals surface area contributed by atoms with Crippen LogP contribution in [0.3, 0.4) is 0 Å². The van der Waals surface area contributed by atoms with Crippen molar-refractivity contribution in [3.05, 3.63) is 35.0 Å². The highest BCUT2D eigenvalue weighted by Crippen LogP contribution is 2.40. The van der Waals surface area contributed by atoms with Crippen molar-refractivity contribution in [1.29, 1.82) is 0 Å². The molecule has 0 saturated carbocycles. The van der Waals surface area contributed by atoms with Gasteiger partial charge in [0.1, 0.15) is 40.6 Å². The van der Waals surface area contributed by atoms with Crippen LogP contribution in [0, 0.1) is 11.6 Å². The van der Waals surface area contributed by atoms with E-state index < -0.39 is 64.8 Å². The number of carbonyl (C=O) groups is 2. The van der Waals surface area contributed by atoms with Crippen LogP contribution >= 0.6 is 11.6 Å². The molecule has 4 rings (SSSR count). The number of carbonyl (C=O) groups excluding carboxylic acids is 1. The number of benzene rings is 1. The Kier molecular flexibility index (Phi) is 6.12. The molecule has 5 atom stereocenters. The van der Waals surface area contributed by atoms with Crippen LogP contribution in [0.4, 0.5) is 8.78 Å². The lowest BCUT2D eigenvalue weighted by Gasteiger charge is -2.49. The van der Waals surface area contributed by atoms with Crippen molar-refractivity contribution >= 4 is 23.5 Å². The molecule has 0 amide bonds. The molecule has 2 aliphatic rings. The van der Waals surface area contributed by atoms with E-state index in [2.05, 4.69) is 10.3 Å². The Labute approximate surface area is 191 Å². The van der Waals surface area contributed by atoms with Crippen LogP contribution in [0.15, 0.2) is 18.3 Å². The standard InChI is InChI=1S/C20H20ClF2N3O7/c1-8(27)31-17-15(16-13(32-18(17)19(28)29)7-30-20(2,3)33-16)26-6-12(24-25-26)9-4-10(22)14(21)11(23)5-9/h4-6,13,15-18H,7H2,1-3H3,(H,28,29)/t13-,15+,16+,17-,18-/m1/s1. The lowest BCUT2D eigenvalue weighted by Crippen LogP contribution is -2.64. The second-order valence-corrected chi connectivity index (χ2v) is 8.51. The van der Waals surface area contributed by atoms with Crippen molar-refractivity contribution in [2.75, 3.05) is 6.61 Å². The molecular weight excluding hydrogens is 468 g/mol. The first-order valence-electron chi connectivity index (χ1n) is 9.91. The fourth-order valence-electron chi connectivity index (χ4n) is 3.93. The maximum atomic E-state index is 13.9. The minimum Gasteiger partial charge on any atom is -0.479 e. The smallest absolute Gasteiger partial charge is 0.336 e. The van der Waals surface area contributed by atoms with Gasteiger partial charge in [-0.2, -0.15) is 0 Å². The van der Waals surface area contributed by atoms with Crippen LogP contribution in [0.2, 0.25) is 5.02 Å². The van der Waals surface area contributed by atoms with E-state index in [1.54, 1.807) is 13.8 Å². The zero-order valence-electron chi connectivity index (χ0n) is 17.7. The fraction of sp³-hybridized carbons (Fsp3) is 0.500. The molecule has 10 nitrogen and oxygen atoms in total. The molecule has 1 aromatic heterocycles. The van der Waals surface area contributed by atoms with Gasteiger partial charge in [-0.05, 0) is 26.0 Å². The first kappa shape index (κ1) is 23.5. The Morgan fingerprint density at radius 1 is 1.30 bits per heavy atom. The number of halogens is 3. The maximum absolute atomic E-state index is 13.9. The van der Waals surface area contributed by atoms with Gasteiger partial charge >= 0.3 is 11.9 Å². The second kappa shape index (κ2) is 8.60. The largest absolute Gasteiger partial charge is 0.479 e. The third-order valence-corrected chi connectivity index (χ3v) is 5.68. The summed E-state index contributed by atoms with van der Waals surface area (Å²) in [7, 11) is 0. The molecule has 1 N–H and O–H groups in total. The Morgan fingerprint density at radius 2 is 1.97 bits per heavy atom. The van der Waals surface area contributed by atoms with Gasteiger partial charge in [-0.1, -0.05) is 16.8 Å². The summed E-state index contributed by atoms with van der Waals surface area (Å²) in [5, 5.41) is 17.0. The monoisotopic (exact) mass is 487 g/mol. The highest BCUT2D eigenvalue weighted by atomic mass is 35.5. The number of rotatable bonds is 4. The van der Waals surface area contributed by atoms with Gasteiger partial charge in [0.2, 0.25) is 0 Å². The Morgan fingerprint density at radius 3 is 2.58 bits per heavy atom. The highest BCUT2D eigenvalue weighted by Gasteiger charge is 2.56. The van der Waals surface area contributed by atoms with Crippen molar-refractivity contribution in [3.8, 4) is 11.3 Å². The van der Waals surface area contributed by atoms with Crippen molar-refractivity contribution in [3.63, 3.8) is 0 Å². The zero-order valence-corrected chi connectivity index (χ0v) is 18.5. The molecule has 2 aliphatic heterocycles. The van der Waals surface area contributed by atoms with E-state index in [1.807, 2.05) is 0 Å². The van der Waals surface area contributed by atoms with Crippen molar-refractivity contribution < 1.29 is 42.4 Å². The third-order valence-electron chi connectivity index (χ3n) is 5.32. The van der Waals surface area contributed by atoms with Crippen LogP contribution < -0.4 is 0 Å². The molecule has 33 heavy (non-hydrogen) atoms. The number of hydrogen-bond donors (Lipinski definition) is 1. The zero-order chi connectivity index (χ0) is 24.1. The van der Waals surface area contributed by atoms with Gasteiger partial charge in [-0.3, -0.25) is 4.79 Å². The van der Waals surface area contributed by atoms with Crippen LogP contribution in [-0.2, 0) is 28.5 Å². The molecule has 178 valence electrons. The van der Waals surface area contributed by atoms with Crippen LogP contribution in [0.25, 0.3) is 11.3 Å². The summed E-state index contributed by atoms with van der Waals surface area (Å²) < 4.78 is 51.7. The maximum Gasteiger partial charge on any atom is 0.336 e. The number of carboxylic acids is 1. The van der Waals surface area contributed by atoms with Gasteiger partial charge in [0.25, 0.3) is 0 Å². The molecule has 2 aromatic rings. The van der Waals surface area contributed by atoms with Crippen molar-refractivity contribution in [2.24, 2.45) is 0 Å². The molecule has 13 heteroatoms. The van der Waals surface area contributed by atoms with E-state index in [4.69, 9.17) is 30.5 Å². The van der Waals surface area contributed by atoms with Gasteiger partial charge in [0, 0.05) is 12.5 Å². The van der Waals surface area contributed by atoms with Crippen molar-refractivity contribution in [2.45, 2.75) is 57.0 Å². The summed E-state index contributed by atoms with van der Waals surface area (Å²) >= 11 is 5.54. The Hall–Kier alpha value is -2.67.